The summed E-state index contributed by atoms with van der Waals surface area (Å²) in [6.45, 7) is 0.645. The first-order valence-electron chi connectivity index (χ1n) is 3.67. The lowest BCUT2D eigenvalue weighted by molar-refractivity contribution is 0.707. The molecule has 2 heterocycles. The van der Waals surface area contributed by atoms with Gasteiger partial charge >= 0.3 is 0 Å². The van der Waals surface area contributed by atoms with Gasteiger partial charge in [0.05, 0.1) is 12.2 Å². The van der Waals surface area contributed by atoms with Crippen molar-refractivity contribution in [2.24, 2.45) is 9.98 Å². The maximum Gasteiger partial charge on any atom is 0.114 e. The Morgan fingerprint density at radius 1 is 1.33 bits per heavy atom. The van der Waals surface area contributed by atoms with Gasteiger partial charge in [0.15, 0.2) is 0 Å². The van der Waals surface area contributed by atoms with Crippen LogP contribution in [0.25, 0.3) is 0 Å². The minimum Gasteiger partial charge on any atom is -0.289 e. The van der Waals surface area contributed by atoms with Crippen molar-refractivity contribution < 1.29 is 0 Å². The van der Waals surface area contributed by atoms with Crippen molar-refractivity contribution in [3.05, 3.63) is 24.3 Å². The zero-order valence-electron chi connectivity index (χ0n) is 6.38. The molecule has 2 rings (SSSR count). The van der Waals surface area contributed by atoms with Crippen molar-refractivity contribution in [2.75, 3.05) is 6.54 Å². The highest BCUT2D eigenvalue weighted by Crippen LogP contribution is 2.13. The normalized spacial score (nSPS) is 21.2. The van der Waals surface area contributed by atoms with E-state index in [2.05, 4.69) is 26.1 Å². The van der Waals surface area contributed by atoms with Crippen LogP contribution < -0.4 is 0 Å². The molecule has 1 aromatic rings. The number of aliphatic imine (C=N–C) groups is 2. The largest absolute Gasteiger partial charge is 0.289 e. The fourth-order valence-electron chi connectivity index (χ4n) is 0.994. The second kappa shape index (κ2) is 3.21. The van der Waals surface area contributed by atoms with Crippen LogP contribution in [0.5, 0.6) is 0 Å². The lowest BCUT2D eigenvalue weighted by Gasteiger charge is -2.09. The molecular formula is C8H7N4. The Hall–Kier alpha value is -1.58. The van der Waals surface area contributed by atoms with E-state index in [0.717, 1.165) is 5.69 Å². The van der Waals surface area contributed by atoms with E-state index >= 15 is 0 Å². The maximum absolute atomic E-state index is 4.19. The molecule has 0 saturated carbocycles. The fraction of sp³-hybridized carbons (Fsp3) is 0.250. The fourth-order valence-corrected chi connectivity index (χ4v) is 0.994. The predicted molar refractivity (Wildman–Crippen MR) is 45.5 cm³/mol. The molecule has 1 aromatic heterocycles. The summed E-state index contributed by atoms with van der Waals surface area (Å²) in [5.74, 6) is 0. The Morgan fingerprint density at radius 2 is 2.33 bits per heavy atom. The zero-order chi connectivity index (χ0) is 8.23. The minimum atomic E-state index is 0.00343. The average Bonchev–Trinajstić information content (AvgIpc) is 2.21. The van der Waals surface area contributed by atoms with Crippen LogP contribution in [0.3, 0.4) is 0 Å². The molecule has 4 heteroatoms. The molecule has 0 amide bonds. The van der Waals surface area contributed by atoms with E-state index in [9.17, 15) is 0 Å². The highest BCUT2D eigenvalue weighted by Gasteiger charge is 2.11. The van der Waals surface area contributed by atoms with Crippen LogP contribution >= 0.6 is 0 Å². The van der Waals surface area contributed by atoms with E-state index in [4.69, 9.17) is 0 Å². The molecule has 0 aliphatic carbocycles. The first kappa shape index (κ1) is 7.09. The van der Waals surface area contributed by atoms with Gasteiger partial charge in [-0.05, 0) is 0 Å². The van der Waals surface area contributed by atoms with E-state index < -0.39 is 0 Å². The molecule has 1 radical (unpaired) electrons. The molecular weight excluding hydrogens is 152 g/mol. The van der Waals surface area contributed by atoms with Crippen LogP contribution in [0.4, 0.5) is 0 Å². The predicted octanol–water partition coefficient (Wildman–Crippen LogP) is 0.473. The van der Waals surface area contributed by atoms with Crippen LogP contribution in [0.2, 0.25) is 0 Å². The summed E-state index contributed by atoms with van der Waals surface area (Å²) in [5.41, 5.74) is 0.755. The molecule has 0 fully saturated rings. The van der Waals surface area contributed by atoms with Gasteiger partial charge in [0.25, 0.3) is 0 Å². The number of nitrogens with zero attached hydrogens (tertiary/aromatic N) is 4. The third kappa shape index (κ3) is 1.37. The van der Waals surface area contributed by atoms with Crippen molar-refractivity contribution in [1.29, 1.82) is 0 Å². The summed E-state index contributed by atoms with van der Waals surface area (Å²) in [5, 5.41) is 0. The Bertz CT molecular complexity index is 304. The molecule has 1 aliphatic heterocycles. The van der Waals surface area contributed by atoms with E-state index in [1.54, 1.807) is 24.8 Å². The molecule has 4 nitrogen and oxygen atoms in total. The van der Waals surface area contributed by atoms with E-state index in [-0.39, 0.29) is 6.04 Å². The number of rotatable bonds is 1. The standard InChI is InChI=1S/C8H7N4/c1-3-11-7(5-9-1)8-6-10-2-4-12-8/h1-4,7H,5H2. The second-order valence-electron chi connectivity index (χ2n) is 2.38. The first-order valence-corrected chi connectivity index (χ1v) is 3.67. The zero-order valence-corrected chi connectivity index (χ0v) is 6.38. The summed E-state index contributed by atoms with van der Waals surface area (Å²) in [7, 11) is 0. The molecule has 0 spiro atoms. The molecule has 59 valence electrons. The average molecular weight is 159 g/mol. The smallest absolute Gasteiger partial charge is 0.114 e. The Balaban J connectivity index is 2.21. The van der Waals surface area contributed by atoms with E-state index in [1.807, 2.05) is 0 Å². The number of hydrogen-bond acceptors (Lipinski definition) is 4. The van der Waals surface area contributed by atoms with Crippen molar-refractivity contribution in [3.8, 4) is 0 Å². The molecule has 12 heavy (non-hydrogen) atoms. The van der Waals surface area contributed by atoms with Crippen molar-refractivity contribution in [1.82, 2.24) is 9.97 Å². The number of aromatic nitrogens is 2. The van der Waals surface area contributed by atoms with Crippen molar-refractivity contribution in [2.45, 2.75) is 6.04 Å². The van der Waals surface area contributed by atoms with Crippen LogP contribution in [-0.4, -0.2) is 28.9 Å². The van der Waals surface area contributed by atoms with Crippen LogP contribution in [-0.2, 0) is 0 Å². The third-order valence-corrected chi connectivity index (χ3v) is 1.57. The van der Waals surface area contributed by atoms with Crippen LogP contribution in [0.15, 0.2) is 22.4 Å². The summed E-state index contributed by atoms with van der Waals surface area (Å²) in [6.07, 6.45) is 9.39. The Morgan fingerprint density at radius 3 is 3.00 bits per heavy atom. The summed E-state index contributed by atoms with van der Waals surface area (Å²) >= 11 is 0. The van der Waals surface area contributed by atoms with Crippen LogP contribution in [0.1, 0.15) is 11.7 Å². The number of hydrogen-bond donors (Lipinski definition) is 0. The summed E-state index contributed by atoms with van der Waals surface area (Å²) in [6, 6.07) is 0.00343. The lowest BCUT2D eigenvalue weighted by Crippen LogP contribution is -2.07. The third-order valence-electron chi connectivity index (χ3n) is 1.57. The lowest BCUT2D eigenvalue weighted by atomic mass is 10.2. The van der Waals surface area contributed by atoms with Gasteiger partial charge < -0.3 is 0 Å². The highest BCUT2D eigenvalue weighted by atomic mass is 14.9. The van der Waals surface area contributed by atoms with Gasteiger partial charge in [0.2, 0.25) is 0 Å². The second-order valence-corrected chi connectivity index (χ2v) is 2.38. The van der Waals surface area contributed by atoms with Gasteiger partial charge in [-0.15, -0.1) is 0 Å². The van der Waals surface area contributed by atoms with Gasteiger partial charge in [-0.25, -0.2) is 0 Å². The summed E-state index contributed by atoms with van der Waals surface area (Å²) in [4.78, 5) is 16.2. The minimum absolute atomic E-state index is 0.00343. The SMILES string of the molecule is [c]1nccnc1C1CN=CC=N1. The van der Waals surface area contributed by atoms with Crippen LogP contribution in [0, 0.1) is 6.20 Å². The Kier molecular flexibility index (Phi) is 1.90. The van der Waals surface area contributed by atoms with Gasteiger partial charge in [-0.3, -0.25) is 20.0 Å². The van der Waals surface area contributed by atoms with Crippen molar-refractivity contribution >= 4 is 12.4 Å². The first-order chi connectivity index (χ1) is 5.97. The molecule has 0 saturated heterocycles. The maximum atomic E-state index is 4.19. The van der Waals surface area contributed by atoms with Gasteiger partial charge in [-0.1, -0.05) is 0 Å². The molecule has 1 unspecified atom stereocenters. The van der Waals surface area contributed by atoms with E-state index in [1.165, 1.54) is 0 Å². The Labute approximate surface area is 70.1 Å². The van der Waals surface area contributed by atoms with Gasteiger partial charge in [0.1, 0.15) is 12.2 Å². The quantitative estimate of drug-likeness (QED) is 0.598. The van der Waals surface area contributed by atoms with Crippen molar-refractivity contribution in [3.63, 3.8) is 0 Å². The van der Waals surface area contributed by atoms with E-state index in [0.29, 0.717) is 6.54 Å². The van der Waals surface area contributed by atoms with Gasteiger partial charge in [0, 0.05) is 24.8 Å². The molecule has 0 bridgehead atoms. The molecule has 1 aliphatic rings. The topological polar surface area (TPSA) is 50.5 Å². The summed E-state index contributed by atoms with van der Waals surface area (Å²) < 4.78 is 0. The highest BCUT2D eigenvalue weighted by molar-refractivity contribution is 6.16. The molecule has 1 atom stereocenters. The van der Waals surface area contributed by atoms with Gasteiger partial charge in [-0.2, -0.15) is 0 Å². The molecule has 0 aromatic carbocycles. The monoisotopic (exact) mass is 159 g/mol. The molecule has 0 N–H and O–H groups in total.